The molecule has 0 spiro atoms. The Labute approximate surface area is 197 Å². The van der Waals surface area contributed by atoms with Crippen LogP contribution in [0.4, 0.5) is 15.8 Å². The number of para-hydroxylation sites is 1. The Balaban J connectivity index is 1.62. The Kier molecular flexibility index (Phi) is 5.30. The van der Waals surface area contributed by atoms with E-state index < -0.39 is 35.7 Å². The van der Waals surface area contributed by atoms with E-state index in [0.29, 0.717) is 15.7 Å². The first-order chi connectivity index (χ1) is 15.9. The number of phenols is 1. The average molecular weight is 513 g/mol. The summed E-state index contributed by atoms with van der Waals surface area (Å²) in [5.74, 6) is -2.19. The molecule has 0 unspecified atom stereocenters. The largest absolute Gasteiger partial charge is 0.503 e. The van der Waals surface area contributed by atoms with Crippen LogP contribution in [0.15, 0.2) is 71.2 Å². The summed E-state index contributed by atoms with van der Waals surface area (Å²) in [7, 11) is 1.43. The number of nitrogens with zero attached hydrogens (tertiary/aromatic N) is 2. The van der Waals surface area contributed by atoms with Gasteiger partial charge in [-0.2, -0.15) is 0 Å². The Morgan fingerprint density at radius 2 is 1.70 bits per heavy atom. The number of imide groups is 1. The lowest BCUT2D eigenvalue weighted by molar-refractivity contribution is -0.126. The molecule has 0 saturated carbocycles. The molecule has 0 aliphatic carbocycles. The maximum absolute atomic E-state index is 13.6. The number of amides is 2. The van der Waals surface area contributed by atoms with E-state index in [1.54, 1.807) is 17.2 Å². The Morgan fingerprint density at radius 3 is 2.36 bits per heavy atom. The van der Waals surface area contributed by atoms with Gasteiger partial charge in [-0.15, -0.1) is 0 Å². The fourth-order valence-corrected chi connectivity index (χ4v) is 4.78. The minimum atomic E-state index is -1.06. The highest BCUT2D eigenvalue weighted by Gasteiger charge is 2.60. The SMILES string of the molecule is COc1cc([C@@H]2[C@@H]3C(=O)N(c4ccc(F)cc4)C(=O)[C@@H]3ON2c2ccccc2)cc(Br)c1O. The Morgan fingerprint density at radius 1 is 1.00 bits per heavy atom. The second-order valence-electron chi connectivity index (χ2n) is 7.70. The van der Waals surface area contributed by atoms with E-state index in [9.17, 15) is 19.1 Å². The van der Waals surface area contributed by atoms with E-state index in [1.807, 2.05) is 30.3 Å². The van der Waals surface area contributed by atoms with E-state index in [-0.39, 0.29) is 17.2 Å². The number of benzene rings is 3. The number of rotatable bonds is 4. The summed E-state index contributed by atoms with van der Waals surface area (Å²) in [5, 5.41) is 11.8. The minimum Gasteiger partial charge on any atom is -0.503 e. The molecule has 0 bridgehead atoms. The van der Waals surface area contributed by atoms with Crippen LogP contribution in [0.5, 0.6) is 11.5 Å². The molecule has 2 amide bonds. The van der Waals surface area contributed by atoms with Gasteiger partial charge in [-0.1, -0.05) is 18.2 Å². The fourth-order valence-electron chi connectivity index (χ4n) is 4.32. The third-order valence-corrected chi connectivity index (χ3v) is 6.43. The van der Waals surface area contributed by atoms with Gasteiger partial charge >= 0.3 is 0 Å². The predicted molar refractivity (Wildman–Crippen MR) is 121 cm³/mol. The molecule has 1 N–H and O–H groups in total. The first kappa shape index (κ1) is 21.4. The lowest BCUT2D eigenvalue weighted by Crippen LogP contribution is -2.37. The number of hydrogen-bond donors (Lipinski definition) is 1. The highest BCUT2D eigenvalue weighted by atomic mass is 79.9. The molecule has 0 radical (unpaired) electrons. The van der Waals surface area contributed by atoms with Gasteiger partial charge in [0, 0.05) is 0 Å². The lowest BCUT2D eigenvalue weighted by Gasteiger charge is -2.29. The van der Waals surface area contributed by atoms with E-state index in [1.165, 1.54) is 31.4 Å². The molecule has 2 fully saturated rings. The van der Waals surface area contributed by atoms with Crippen LogP contribution in [-0.2, 0) is 14.4 Å². The summed E-state index contributed by atoms with van der Waals surface area (Å²) in [6, 6.07) is 16.9. The highest BCUT2D eigenvalue weighted by Crippen LogP contribution is 2.49. The van der Waals surface area contributed by atoms with Crippen molar-refractivity contribution in [1.82, 2.24) is 0 Å². The molecule has 0 aromatic heterocycles. The quantitative estimate of drug-likeness (QED) is 0.523. The van der Waals surface area contributed by atoms with Crippen LogP contribution in [0, 0.1) is 11.7 Å². The monoisotopic (exact) mass is 512 g/mol. The first-order valence-electron chi connectivity index (χ1n) is 10.1. The van der Waals surface area contributed by atoms with Crippen molar-refractivity contribution >= 4 is 39.1 Å². The van der Waals surface area contributed by atoms with E-state index in [0.717, 1.165) is 4.90 Å². The number of hydroxylamine groups is 1. The Bertz CT molecular complexity index is 1240. The number of hydrogen-bond acceptors (Lipinski definition) is 6. The van der Waals surface area contributed by atoms with Crippen LogP contribution < -0.4 is 14.7 Å². The standard InChI is InChI=1S/C24H18BrFN2O5/c1-32-18-12-13(11-17(25)21(18)29)20-19-22(33-28(20)16-5-3-2-4-6-16)24(31)27(23(19)30)15-9-7-14(26)8-10-15/h2-12,19-20,22,29H,1H3/t19-,20+,22+/m0/s1. The van der Waals surface area contributed by atoms with Crippen molar-refractivity contribution in [1.29, 1.82) is 0 Å². The maximum Gasteiger partial charge on any atom is 0.266 e. The summed E-state index contributed by atoms with van der Waals surface area (Å²) >= 11 is 3.33. The number of anilines is 2. The molecule has 168 valence electrons. The maximum atomic E-state index is 13.6. The number of ether oxygens (including phenoxy) is 1. The van der Waals surface area contributed by atoms with Gasteiger partial charge in [-0.3, -0.25) is 14.4 Å². The number of carbonyl (C=O) groups excluding carboxylic acids is 2. The summed E-state index contributed by atoms with van der Waals surface area (Å²) in [6.07, 6.45) is -1.06. The third kappa shape index (κ3) is 3.44. The number of fused-ring (bicyclic) bond motifs is 1. The molecular weight excluding hydrogens is 495 g/mol. The van der Waals surface area contributed by atoms with Crippen LogP contribution in [0.2, 0.25) is 0 Å². The van der Waals surface area contributed by atoms with Crippen molar-refractivity contribution in [3.05, 3.63) is 82.6 Å². The predicted octanol–water partition coefficient (Wildman–Crippen LogP) is 4.35. The average Bonchev–Trinajstić information content (AvgIpc) is 3.33. The number of halogens is 2. The van der Waals surface area contributed by atoms with Gasteiger partial charge in [0.15, 0.2) is 17.6 Å². The number of phenolic OH excluding ortho intramolecular Hbond substituents is 1. The second kappa shape index (κ2) is 8.17. The van der Waals surface area contributed by atoms with Crippen LogP contribution in [0.3, 0.4) is 0 Å². The molecule has 33 heavy (non-hydrogen) atoms. The minimum absolute atomic E-state index is 0.0789. The number of aromatic hydroxyl groups is 1. The van der Waals surface area contributed by atoms with Gasteiger partial charge in [-0.05, 0) is 70.0 Å². The van der Waals surface area contributed by atoms with Crippen molar-refractivity contribution in [3.8, 4) is 11.5 Å². The molecule has 5 rings (SSSR count). The highest BCUT2D eigenvalue weighted by molar-refractivity contribution is 9.10. The first-order valence-corrected chi connectivity index (χ1v) is 10.9. The lowest BCUT2D eigenvalue weighted by atomic mass is 9.90. The van der Waals surface area contributed by atoms with Crippen molar-refractivity contribution in [2.45, 2.75) is 12.1 Å². The summed E-state index contributed by atoms with van der Waals surface area (Å²) < 4.78 is 19.1. The molecule has 9 heteroatoms. The van der Waals surface area contributed by atoms with Crippen LogP contribution in [0.25, 0.3) is 0 Å². The van der Waals surface area contributed by atoms with Gasteiger partial charge in [0.1, 0.15) is 11.7 Å². The molecule has 3 aromatic rings. The molecular formula is C24H18BrFN2O5. The van der Waals surface area contributed by atoms with Crippen LogP contribution in [-0.4, -0.2) is 30.1 Å². The molecule has 2 saturated heterocycles. The smallest absolute Gasteiger partial charge is 0.266 e. The number of methoxy groups -OCH3 is 1. The zero-order valence-electron chi connectivity index (χ0n) is 17.3. The topological polar surface area (TPSA) is 79.3 Å². The van der Waals surface area contributed by atoms with Crippen LogP contribution >= 0.6 is 15.9 Å². The fraction of sp³-hybridized carbons (Fsp3) is 0.167. The summed E-state index contributed by atoms with van der Waals surface area (Å²) in [4.78, 5) is 33.9. The second-order valence-corrected chi connectivity index (χ2v) is 8.55. The van der Waals surface area contributed by atoms with E-state index in [2.05, 4.69) is 15.9 Å². The zero-order valence-corrected chi connectivity index (χ0v) is 18.9. The van der Waals surface area contributed by atoms with E-state index in [4.69, 9.17) is 9.57 Å². The zero-order chi connectivity index (χ0) is 23.3. The van der Waals surface area contributed by atoms with Gasteiger partial charge in [-0.25, -0.2) is 14.4 Å². The van der Waals surface area contributed by atoms with Crippen molar-refractivity contribution in [3.63, 3.8) is 0 Å². The summed E-state index contributed by atoms with van der Waals surface area (Å²) in [5.41, 5.74) is 1.54. The van der Waals surface area contributed by atoms with Gasteiger partial charge < -0.3 is 9.84 Å². The van der Waals surface area contributed by atoms with Crippen molar-refractivity contribution in [2.75, 3.05) is 17.1 Å². The normalized spacial score (nSPS) is 22.1. The Hall–Kier alpha value is -3.43. The van der Waals surface area contributed by atoms with Gasteiger partial charge in [0.25, 0.3) is 5.91 Å². The third-order valence-electron chi connectivity index (χ3n) is 5.82. The molecule has 2 aliphatic rings. The number of carbonyl (C=O) groups is 2. The molecule has 2 aliphatic heterocycles. The van der Waals surface area contributed by atoms with Crippen molar-refractivity contribution < 1.29 is 28.7 Å². The van der Waals surface area contributed by atoms with Gasteiger partial charge in [0.2, 0.25) is 5.91 Å². The summed E-state index contributed by atoms with van der Waals surface area (Å²) in [6.45, 7) is 0. The molecule has 2 heterocycles. The van der Waals surface area contributed by atoms with E-state index >= 15 is 0 Å². The van der Waals surface area contributed by atoms with Crippen molar-refractivity contribution in [2.24, 2.45) is 5.92 Å². The molecule has 7 nitrogen and oxygen atoms in total. The van der Waals surface area contributed by atoms with Gasteiger partial charge in [0.05, 0.1) is 29.0 Å². The molecule has 3 aromatic carbocycles. The van der Waals surface area contributed by atoms with Crippen LogP contribution in [0.1, 0.15) is 11.6 Å². The molecule has 3 atom stereocenters.